The van der Waals surface area contributed by atoms with Crippen molar-refractivity contribution in [3.05, 3.63) is 23.5 Å². The highest BCUT2D eigenvalue weighted by Crippen LogP contribution is 2.21. The number of carbonyl (C=O) groups excluding carboxylic acids is 3. The molecule has 2 heterocycles. The average molecular weight is 351 g/mol. The number of carbonyl (C=O) groups is 3. The summed E-state index contributed by atoms with van der Waals surface area (Å²) in [5.74, 6) is -1.04. The van der Waals surface area contributed by atoms with Crippen LogP contribution in [0, 0.1) is 0 Å². The van der Waals surface area contributed by atoms with E-state index >= 15 is 0 Å². The van der Waals surface area contributed by atoms with Gasteiger partial charge in [0.2, 0.25) is 5.91 Å². The quantitative estimate of drug-likeness (QED) is 0.509. The first kappa shape index (κ1) is 18.9. The highest BCUT2D eigenvalue weighted by molar-refractivity contribution is 5.96. The second-order valence-corrected chi connectivity index (χ2v) is 6.68. The molecule has 1 fully saturated rings. The number of nitrogens with two attached hydrogens (primary N) is 1. The Kier molecular flexibility index (Phi) is 5.81. The molecule has 25 heavy (non-hydrogen) atoms. The molecule has 0 radical (unpaired) electrons. The summed E-state index contributed by atoms with van der Waals surface area (Å²) in [5, 5.41) is 13.2. The number of rotatable bonds is 6. The van der Waals surface area contributed by atoms with Crippen LogP contribution in [-0.4, -0.2) is 83.5 Å². The molecule has 1 aliphatic rings. The van der Waals surface area contributed by atoms with Gasteiger partial charge in [0, 0.05) is 19.6 Å². The molecule has 9 nitrogen and oxygen atoms in total. The van der Waals surface area contributed by atoms with Crippen LogP contribution in [0.2, 0.25) is 0 Å². The molecule has 1 saturated heterocycles. The lowest BCUT2D eigenvalue weighted by atomic mass is 9.91. The normalized spacial score (nSPS) is 16.7. The third-order valence-corrected chi connectivity index (χ3v) is 4.27. The maximum Gasteiger partial charge on any atom is 0.267 e. The zero-order valence-corrected chi connectivity index (χ0v) is 14.5. The van der Waals surface area contributed by atoms with Gasteiger partial charge in [-0.05, 0) is 39.1 Å². The van der Waals surface area contributed by atoms with Crippen LogP contribution in [0.5, 0.6) is 0 Å². The average Bonchev–Trinajstić information content (AvgIpc) is 3.03. The molecule has 0 bridgehead atoms. The molecule has 1 aromatic rings. The van der Waals surface area contributed by atoms with Gasteiger partial charge in [-0.3, -0.25) is 14.4 Å². The zero-order chi connectivity index (χ0) is 18.6. The maximum atomic E-state index is 12.1. The Morgan fingerprint density at radius 2 is 1.88 bits per heavy atom. The molecule has 0 aliphatic carbocycles. The highest BCUT2D eigenvalue weighted by Gasteiger charge is 2.34. The molecule has 138 valence electrons. The molecule has 2 rings (SSSR count). The van der Waals surface area contributed by atoms with Crippen molar-refractivity contribution in [2.24, 2.45) is 5.73 Å². The maximum absolute atomic E-state index is 12.1. The number of H-pyrrole nitrogens is 1. The molecule has 0 atom stereocenters. The van der Waals surface area contributed by atoms with E-state index in [-0.39, 0.29) is 23.8 Å². The minimum absolute atomic E-state index is 0.0291. The fourth-order valence-corrected chi connectivity index (χ4v) is 2.73. The van der Waals surface area contributed by atoms with Gasteiger partial charge in [0.1, 0.15) is 11.4 Å². The minimum Gasteiger partial charge on any atom is -0.388 e. The molecule has 0 unspecified atom stereocenters. The van der Waals surface area contributed by atoms with Gasteiger partial charge in [0.15, 0.2) is 0 Å². The molecular weight excluding hydrogens is 326 g/mol. The topological polar surface area (TPSA) is 132 Å². The van der Waals surface area contributed by atoms with Crippen molar-refractivity contribution < 1.29 is 19.5 Å². The summed E-state index contributed by atoms with van der Waals surface area (Å²) in [6.45, 7) is 1.32. The monoisotopic (exact) mass is 351 g/mol. The largest absolute Gasteiger partial charge is 0.388 e. The number of primary amides is 1. The molecule has 0 aromatic carbocycles. The number of aliphatic hydroxyl groups is 1. The van der Waals surface area contributed by atoms with Gasteiger partial charge in [-0.2, -0.15) is 0 Å². The fraction of sp³-hybridized carbons (Fsp3) is 0.562. The van der Waals surface area contributed by atoms with Crippen molar-refractivity contribution in [1.82, 2.24) is 20.1 Å². The summed E-state index contributed by atoms with van der Waals surface area (Å²) in [7, 11) is 3.66. The molecule has 1 aliphatic heterocycles. The van der Waals surface area contributed by atoms with E-state index in [0.717, 1.165) is 0 Å². The van der Waals surface area contributed by atoms with Crippen LogP contribution in [-0.2, 0) is 4.79 Å². The van der Waals surface area contributed by atoms with Crippen molar-refractivity contribution in [3.63, 3.8) is 0 Å². The highest BCUT2D eigenvalue weighted by atomic mass is 16.3. The van der Waals surface area contributed by atoms with Gasteiger partial charge in [0.05, 0.1) is 12.1 Å². The van der Waals surface area contributed by atoms with Gasteiger partial charge in [-0.15, -0.1) is 0 Å². The van der Waals surface area contributed by atoms with Crippen LogP contribution in [0.15, 0.2) is 12.1 Å². The molecule has 0 saturated carbocycles. The number of likely N-dealkylation sites (tertiary alicyclic amines) is 1. The number of hydrogen-bond acceptors (Lipinski definition) is 5. The van der Waals surface area contributed by atoms with Crippen molar-refractivity contribution in [2.45, 2.75) is 18.4 Å². The summed E-state index contributed by atoms with van der Waals surface area (Å²) in [4.78, 5) is 41.3. The van der Waals surface area contributed by atoms with Gasteiger partial charge in [-0.25, -0.2) is 0 Å². The van der Waals surface area contributed by atoms with Crippen LogP contribution in [0.1, 0.15) is 33.8 Å². The Labute approximate surface area is 146 Å². The third-order valence-electron chi connectivity index (χ3n) is 4.27. The number of piperidine rings is 1. The fourth-order valence-electron chi connectivity index (χ4n) is 2.73. The van der Waals surface area contributed by atoms with E-state index in [1.807, 2.05) is 14.1 Å². The number of likely N-dealkylation sites (N-methyl/N-ethyl adjacent to an activating group) is 1. The number of nitrogens with one attached hydrogen (secondary N) is 2. The predicted molar refractivity (Wildman–Crippen MR) is 91.0 cm³/mol. The number of nitrogens with zero attached hydrogens (tertiary/aromatic N) is 2. The van der Waals surface area contributed by atoms with Crippen LogP contribution < -0.4 is 11.1 Å². The Hall–Kier alpha value is -2.39. The van der Waals surface area contributed by atoms with E-state index in [2.05, 4.69) is 10.3 Å². The van der Waals surface area contributed by atoms with E-state index in [9.17, 15) is 19.5 Å². The van der Waals surface area contributed by atoms with E-state index in [0.29, 0.717) is 32.5 Å². The predicted octanol–water partition coefficient (Wildman–Crippen LogP) is -1.24. The Morgan fingerprint density at radius 1 is 1.28 bits per heavy atom. The van der Waals surface area contributed by atoms with E-state index < -0.39 is 17.4 Å². The molecule has 9 heteroatoms. The van der Waals surface area contributed by atoms with E-state index in [1.165, 1.54) is 12.1 Å². The Balaban J connectivity index is 1.83. The van der Waals surface area contributed by atoms with Gasteiger partial charge < -0.3 is 30.9 Å². The van der Waals surface area contributed by atoms with Crippen molar-refractivity contribution in [3.8, 4) is 0 Å². The van der Waals surface area contributed by atoms with E-state index in [1.54, 1.807) is 9.80 Å². The smallest absolute Gasteiger partial charge is 0.267 e. The lowest BCUT2D eigenvalue weighted by Crippen LogP contribution is -2.53. The molecule has 5 N–H and O–H groups in total. The third kappa shape index (κ3) is 5.04. The number of aromatic nitrogens is 1. The van der Waals surface area contributed by atoms with Gasteiger partial charge in [-0.1, -0.05) is 0 Å². The van der Waals surface area contributed by atoms with Crippen LogP contribution in [0.25, 0.3) is 0 Å². The van der Waals surface area contributed by atoms with Gasteiger partial charge in [0.25, 0.3) is 11.8 Å². The standard InChI is InChI=1S/C16H25N5O4/c1-20(2)9-13(22)21-7-5-16(25,6-8-21)10-18-15(24)12-4-3-11(19-12)14(17)23/h3-4,19,25H,5-10H2,1-2H3,(H2,17,23)(H,18,24). The van der Waals surface area contributed by atoms with Crippen LogP contribution >= 0.6 is 0 Å². The molecule has 1 aromatic heterocycles. The Morgan fingerprint density at radius 3 is 2.40 bits per heavy atom. The van der Waals surface area contributed by atoms with Gasteiger partial charge >= 0.3 is 0 Å². The lowest BCUT2D eigenvalue weighted by Gasteiger charge is -2.38. The van der Waals surface area contributed by atoms with Crippen LogP contribution in [0.4, 0.5) is 0 Å². The SMILES string of the molecule is CN(C)CC(=O)N1CCC(O)(CNC(=O)c2ccc(C(N)=O)[nH]2)CC1. The summed E-state index contributed by atoms with van der Waals surface area (Å²) in [6.07, 6.45) is 0.785. The lowest BCUT2D eigenvalue weighted by molar-refractivity contribution is -0.135. The first-order valence-corrected chi connectivity index (χ1v) is 8.12. The zero-order valence-electron chi connectivity index (χ0n) is 14.5. The first-order valence-electron chi connectivity index (χ1n) is 8.12. The summed E-state index contributed by atoms with van der Waals surface area (Å²) < 4.78 is 0. The van der Waals surface area contributed by atoms with Crippen LogP contribution in [0.3, 0.4) is 0 Å². The second kappa shape index (κ2) is 7.66. The Bertz CT molecular complexity index is 647. The minimum atomic E-state index is -1.05. The molecule has 0 spiro atoms. The summed E-state index contributed by atoms with van der Waals surface area (Å²) >= 11 is 0. The molecular formula is C16H25N5O4. The van der Waals surface area contributed by atoms with Crippen molar-refractivity contribution >= 4 is 17.7 Å². The first-order chi connectivity index (χ1) is 11.7. The van der Waals surface area contributed by atoms with Crippen molar-refractivity contribution in [1.29, 1.82) is 0 Å². The number of hydrogen-bond donors (Lipinski definition) is 4. The summed E-state index contributed by atoms with van der Waals surface area (Å²) in [5.41, 5.74) is 4.43. The molecule has 3 amide bonds. The van der Waals surface area contributed by atoms with Crippen molar-refractivity contribution in [2.75, 3.05) is 40.3 Å². The number of amides is 3. The summed E-state index contributed by atoms with van der Waals surface area (Å²) in [6, 6.07) is 2.89. The van der Waals surface area contributed by atoms with E-state index in [4.69, 9.17) is 5.73 Å². The second-order valence-electron chi connectivity index (χ2n) is 6.68. The number of aromatic amines is 1.